The first kappa shape index (κ1) is 25.5. The second-order valence-electron chi connectivity index (χ2n) is 9.60. The maximum atomic E-state index is 12.3. The number of hydrogen-bond donors (Lipinski definition) is 1. The lowest BCUT2D eigenvalue weighted by molar-refractivity contribution is -0.120. The van der Waals surface area contributed by atoms with E-state index in [0.29, 0.717) is 19.6 Å². The fraction of sp³-hybridized carbons (Fsp3) is 0.355. The van der Waals surface area contributed by atoms with Gasteiger partial charge in [0.2, 0.25) is 5.91 Å². The van der Waals surface area contributed by atoms with Crippen LogP contribution in [-0.2, 0) is 24.2 Å². The Morgan fingerprint density at radius 3 is 2.47 bits per heavy atom. The highest BCUT2D eigenvalue weighted by atomic mass is 16.5. The second-order valence-corrected chi connectivity index (χ2v) is 9.60. The standard InChI is InChI=1S/C31H37N3O2/c1-23-19-24(2)21-27(20-23)36-18-17-34-29-14-9-8-13-28(29)33-30(34)15-5-4-10-16-32-31(35)22-26-12-7-6-11-25(26)3/h6-9,11-14,19-21H,4-5,10,15-18,22H2,1-3H3,(H,32,35). The van der Waals surface area contributed by atoms with Gasteiger partial charge in [-0.25, -0.2) is 4.98 Å². The van der Waals surface area contributed by atoms with Crippen molar-refractivity contribution in [3.63, 3.8) is 0 Å². The summed E-state index contributed by atoms with van der Waals surface area (Å²) in [4.78, 5) is 17.2. The molecule has 0 unspecified atom stereocenters. The number of aromatic nitrogens is 2. The molecular weight excluding hydrogens is 446 g/mol. The fourth-order valence-electron chi connectivity index (χ4n) is 4.69. The Morgan fingerprint density at radius 2 is 1.67 bits per heavy atom. The molecule has 36 heavy (non-hydrogen) atoms. The van der Waals surface area contributed by atoms with Gasteiger partial charge in [0.15, 0.2) is 0 Å². The van der Waals surface area contributed by atoms with Crippen molar-refractivity contribution in [1.82, 2.24) is 14.9 Å². The van der Waals surface area contributed by atoms with Crippen LogP contribution in [0.1, 0.15) is 47.3 Å². The minimum atomic E-state index is 0.0925. The number of unbranched alkanes of at least 4 members (excludes halogenated alkanes) is 2. The van der Waals surface area contributed by atoms with Gasteiger partial charge in [0, 0.05) is 13.0 Å². The number of carbonyl (C=O) groups is 1. The van der Waals surface area contributed by atoms with Crippen molar-refractivity contribution in [3.8, 4) is 5.75 Å². The lowest BCUT2D eigenvalue weighted by Crippen LogP contribution is -2.26. The van der Waals surface area contributed by atoms with Crippen LogP contribution in [0, 0.1) is 20.8 Å². The molecule has 4 rings (SSSR count). The van der Waals surface area contributed by atoms with Crippen LogP contribution in [0.4, 0.5) is 0 Å². The molecule has 1 amide bonds. The molecule has 0 radical (unpaired) electrons. The van der Waals surface area contributed by atoms with E-state index >= 15 is 0 Å². The number of hydrogen-bond acceptors (Lipinski definition) is 3. The van der Waals surface area contributed by atoms with E-state index < -0.39 is 0 Å². The summed E-state index contributed by atoms with van der Waals surface area (Å²) in [6.07, 6.45) is 4.41. The molecule has 0 fully saturated rings. The Morgan fingerprint density at radius 1 is 0.917 bits per heavy atom. The summed E-state index contributed by atoms with van der Waals surface area (Å²) < 4.78 is 8.38. The number of amides is 1. The Balaban J connectivity index is 1.25. The highest BCUT2D eigenvalue weighted by molar-refractivity contribution is 5.78. The molecule has 188 valence electrons. The van der Waals surface area contributed by atoms with Gasteiger partial charge in [-0.3, -0.25) is 4.79 Å². The van der Waals surface area contributed by atoms with Crippen molar-refractivity contribution in [2.45, 2.75) is 59.4 Å². The maximum absolute atomic E-state index is 12.3. The Labute approximate surface area is 214 Å². The third kappa shape index (κ3) is 6.97. The molecule has 0 bridgehead atoms. The molecule has 0 aliphatic carbocycles. The topological polar surface area (TPSA) is 56.1 Å². The Hall–Kier alpha value is -3.60. The maximum Gasteiger partial charge on any atom is 0.224 e. The number of para-hydroxylation sites is 2. The van der Waals surface area contributed by atoms with E-state index in [1.54, 1.807) is 0 Å². The minimum Gasteiger partial charge on any atom is -0.492 e. The van der Waals surface area contributed by atoms with E-state index in [2.05, 4.69) is 60.1 Å². The number of nitrogens with zero attached hydrogens (tertiary/aromatic N) is 2. The Bertz CT molecular complexity index is 1290. The highest BCUT2D eigenvalue weighted by Gasteiger charge is 2.11. The SMILES string of the molecule is Cc1cc(C)cc(OCCn2c(CCCCCNC(=O)Cc3ccccc3C)nc3ccccc32)c1. The summed E-state index contributed by atoms with van der Waals surface area (Å²) in [5, 5.41) is 3.06. The summed E-state index contributed by atoms with van der Waals surface area (Å²) >= 11 is 0. The van der Waals surface area contributed by atoms with Crippen LogP contribution < -0.4 is 10.1 Å². The molecule has 3 aromatic carbocycles. The molecule has 0 aliphatic heterocycles. The van der Waals surface area contributed by atoms with Crippen LogP contribution in [0.15, 0.2) is 66.7 Å². The number of carbonyl (C=O) groups excluding carboxylic acids is 1. The van der Waals surface area contributed by atoms with Crippen molar-refractivity contribution in [2.24, 2.45) is 0 Å². The van der Waals surface area contributed by atoms with Crippen molar-refractivity contribution in [3.05, 3.63) is 94.8 Å². The molecular formula is C31H37N3O2. The van der Waals surface area contributed by atoms with Gasteiger partial charge in [0.1, 0.15) is 18.2 Å². The molecule has 5 heteroatoms. The van der Waals surface area contributed by atoms with Gasteiger partial charge in [-0.1, -0.05) is 48.9 Å². The van der Waals surface area contributed by atoms with Gasteiger partial charge in [-0.2, -0.15) is 0 Å². The predicted octanol–water partition coefficient (Wildman–Crippen LogP) is 6.11. The molecule has 0 spiro atoms. The van der Waals surface area contributed by atoms with Gasteiger partial charge in [-0.05, 0) is 80.1 Å². The number of fused-ring (bicyclic) bond motifs is 1. The minimum absolute atomic E-state index is 0.0925. The summed E-state index contributed by atoms with van der Waals surface area (Å²) in [7, 11) is 0. The first-order valence-corrected chi connectivity index (χ1v) is 13.0. The van der Waals surface area contributed by atoms with E-state index in [9.17, 15) is 4.79 Å². The highest BCUT2D eigenvalue weighted by Crippen LogP contribution is 2.20. The third-order valence-corrected chi connectivity index (χ3v) is 6.52. The van der Waals surface area contributed by atoms with Crippen LogP contribution >= 0.6 is 0 Å². The van der Waals surface area contributed by atoms with Crippen LogP contribution in [0.3, 0.4) is 0 Å². The summed E-state index contributed by atoms with van der Waals surface area (Å²) in [5.74, 6) is 2.11. The lowest BCUT2D eigenvalue weighted by atomic mass is 10.1. The number of ether oxygens (including phenoxy) is 1. The molecule has 0 saturated heterocycles. The molecule has 1 N–H and O–H groups in total. The predicted molar refractivity (Wildman–Crippen MR) is 147 cm³/mol. The van der Waals surface area contributed by atoms with E-state index in [1.807, 2.05) is 37.3 Å². The van der Waals surface area contributed by atoms with Gasteiger partial charge in [-0.15, -0.1) is 0 Å². The summed E-state index contributed by atoms with van der Waals surface area (Å²) in [6.45, 7) is 8.31. The van der Waals surface area contributed by atoms with E-state index in [-0.39, 0.29) is 5.91 Å². The fourth-order valence-corrected chi connectivity index (χ4v) is 4.69. The number of benzene rings is 3. The van der Waals surface area contributed by atoms with E-state index in [4.69, 9.17) is 9.72 Å². The van der Waals surface area contributed by atoms with Crippen molar-refractivity contribution >= 4 is 16.9 Å². The zero-order valence-electron chi connectivity index (χ0n) is 21.7. The Kier molecular flexibility index (Phi) is 8.77. The monoisotopic (exact) mass is 483 g/mol. The quantitative estimate of drug-likeness (QED) is 0.247. The molecule has 0 aliphatic rings. The van der Waals surface area contributed by atoms with Crippen molar-refractivity contribution in [2.75, 3.05) is 13.2 Å². The lowest BCUT2D eigenvalue weighted by Gasteiger charge is -2.12. The first-order valence-electron chi connectivity index (χ1n) is 13.0. The number of rotatable bonds is 12. The second kappa shape index (κ2) is 12.4. The largest absolute Gasteiger partial charge is 0.492 e. The molecule has 0 atom stereocenters. The van der Waals surface area contributed by atoms with Crippen molar-refractivity contribution < 1.29 is 9.53 Å². The van der Waals surface area contributed by atoms with Gasteiger partial charge in [0.25, 0.3) is 0 Å². The van der Waals surface area contributed by atoms with Crippen LogP contribution in [-0.4, -0.2) is 28.6 Å². The molecule has 1 aromatic heterocycles. The van der Waals surface area contributed by atoms with Gasteiger partial charge >= 0.3 is 0 Å². The van der Waals surface area contributed by atoms with Gasteiger partial charge in [0.05, 0.1) is 24.0 Å². The normalized spacial score (nSPS) is 11.1. The average molecular weight is 484 g/mol. The number of aryl methyl sites for hydroxylation is 4. The van der Waals surface area contributed by atoms with Crippen LogP contribution in [0.2, 0.25) is 0 Å². The van der Waals surface area contributed by atoms with Crippen LogP contribution in [0.25, 0.3) is 11.0 Å². The third-order valence-electron chi connectivity index (χ3n) is 6.52. The first-order chi connectivity index (χ1) is 17.5. The molecule has 5 nitrogen and oxygen atoms in total. The molecule has 0 saturated carbocycles. The zero-order valence-corrected chi connectivity index (χ0v) is 21.7. The number of nitrogens with one attached hydrogen (secondary N) is 1. The average Bonchev–Trinajstić information content (AvgIpc) is 3.19. The van der Waals surface area contributed by atoms with Crippen LogP contribution in [0.5, 0.6) is 5.75 Å². The van der Waals surface area contributed by atoms with E-state index in [0.717, 1.165) is 66.0 Å². The molecule has 1 heterocycles. The smallest absolute Gasteiger partial charge is 0.224 e. The zero-order chi connectivity index (χ0) is 25.3. The number of imidazole rings is 1. The van der Waals surface area contributed by atoms with Gasteiger partial charge < -0.3 is 14.6 Å². The van der Waals surface area contributed by atoms with Crippen molar-refractivity contribution in [1.29, 1.82) is 0 Å². The summed E-state index contributed by atoms with van der Waals surface area (Å²) in [5.41, 5.74) is 6.86. The van der Waals surface area contributed by atoms with E-state index in [1.165, 1.54) is 11.1 Å². The summed E-state index contributed by atoms with van der Waals surface area (Å²) in [6, 6.07) is 22.7. The molecule has 4 aromatic rings.